The van der Waals surface area contributed by atoms with Crippen LogP contribution in [0.5, 0.6) is 0 Å². The van der Waals surface area contributed by atoms with Crippen LogP contribution in [0.15, 0.2) is 35.3 Å². The fourth-order valence-electron chi connectivity index (χ4n) is 3.55. The van der Waals surface area contributed by atoms with Crippen molar-refractivity contribution in [1.29, 1.82) is 5.26 Å². The standard InChI is InChI=1S/C20H16FN3O2S/c21-15-6-3-5-13-16(25)8-9-24(19(13)15)11-18(26)23-20-14(10-22)12-4-1-2-7-17(12)27-20/h3,5-6,8-9H,1-2,4,7,11H2,(H,23,26). The smallest absolute Gasteiger partial charge is 0.244 e. The maximum Gasteiger partial charge on any atom is 0.244 e. The summed E-state index contributed by atoms with van der Waals surface area (Å²) in [4.78, 5) is 25.7. The van der Waals surface area contributed by atoms with E-state index in [9.17, 15) is 19.2 Å². The predicted molar refractivity (Wildman–Crippen MR) is 102 cm³/mol. The quantitative estimate of drug-likeness (QED) is 0.753. The third kappa shape index (κ3) is 3.13. The Balaban J connectivity index is 1.64. The van der Waals surface area contributed by atoms with Crippen LogP contribution in [0.3, 0.4) is 0 Å². The number of para-hydroxylation sites is 1. The number of thiophene rings is 1. The first-order valence-electron chi connectivity index (χ1n) is 8.70. The van der Waals surface area contributed by atoms with Crippen LogP contribution in [0.2, 0.25) is 0 Å². The lowest BCUT2D eigenvalue weighted by Crippen LogP contribution is -2.20. The lowest BCUT2D eigenvalue weighted by Gasteiger charge is -2.11. The Kier molecular flexibility index (Phi) is 4.50. The minimum absolute atomic E-state index is 0.103. The zero-order valence-electron chi connectivity index (χ0n) is 14.4. The van der Waals surface area contributed by atoms with E-state index < -0.39 is 5.82 Å². The maximum absolute atomic E-state index is 14.2. The van der Waals surface area contributed by atoms with Crippen molar-refractivity contribution in [3.63, 3.8) is 0 Å². The number of pyridine rings is 1. The van der Waals surface area contributed by atoms with Gasteiger partial charge in [-0.2, -0.15) is 5.26 Å². The molecule has 7 heteroatoms. The van der Waals surface area contributed by atoms with E-state index in [0.29, 0.717) is 10.6 Å². The summed E-state index contributed by atoms with van der Waals surface area (Å²) in [5, 5.41) is 13.1. The number of nitrogens with one attached hydrogen (secondary N) is 1. The Labute approximate surface area is 158 Å². The molecule has 2 heterocycles. The average molecular weight is 381 g/mol. The number of anilines is 1. The number of carbonyl (C=O) groups is 1. The van der Waals surface area contributed by atoms with Crippen LogP contribution in [0, 0.1) is 17.1 Å². The fraction of sp³-hybridized carbons (Fsp3) is 0.250. The molecule has 5 nitrogen and oxygen atoms in total. The first-order valence-corrected chi connectivity index (χ1v) is 9.52. The molecular weight excluding hydrogens is 365 g/mol. The Hall–Kier alpha value is -2.98. The zero-order chi connectivity index (χ0) is 19.0. The fourth-order valence-corrected chi connectivity index (χ4v) is 4.81. The summed E-state index contributed by atoms with van der Waals surface area (Å²) in [7, 11) is 0. The van der Waals surface area contributed by atoms with Crippen LogP contribution in [-0.2, 0) is 24.2 Å². The van der Waals surface area contributed by atoms with Crippen molar-refractivity contribution in [3.05, 3.63) is 62.5 Å². The minimum atomic E-state index is -0.553. The van der Waals surface area contributed by atoms with E-state index in [1.54, 1.807) is 0 Å². The maximum atomic E-state index is 14.2. The van der Waals surface area contributed by atoms with Crippen LogP contribution in [-0.4, -0.2) is 10.5 Å². The monoisotopic (exact) mass is 381 g/mol. The molecule has 0 atom stereocenters. The Morgan fingerprint density at radius 3 is 2.93 bits per heavy atom. The summed E-state index contributed by atoms with van der Waals surface area (Å²) in [6.07, 6.45) is 5.35. The number of halogens is 1. The highest BCUT2D eigenvalue weighted by Crippen LogP contribution is 2.37. The van der Waals surface area contributed by atoms with E-state index in [1.807, 2.05) is 0 Å². The van der Waals surface area contributed by atoms with Crippen molar-refractivity contribution in [2.24, 2.45) is 0 Å². The molecule has 0 bridgehead atoms. The highest BCUT2D eigenvalue weighted by atomic mass is 32.1. The normalized spacial score (nSPS) is 13.2. The van der Waals surface area contributed by atoms with Crippen LogP contribution in [0.4, 0.5) is 9.39 Å². The van der Waals surface area contributed by atoms with Crippen molar-refractivity contribution in [2.75, 3.05) is 5.32 Å². The SMILES string of the molecule is N#Cc1c(NC(=O)Cn2ccc(=O)c3cccc(F)c32)sc2c1CCCC2. The Morgan fingerprint density at radius 2 is 2.11 bits per heavy atom. The molecule has 0 saturated heterocycles. The van der Waals surface area contributed by atoms with Gasteiger partial charge in [0.05, 0.1) is 11.1 Å². The summed E-state index contributed by atoms with van der Waals surface area (Å²) in [5.41, 5.74) is 1.40. The number of nitrogens with zero attached hydrogens (tertiary/aromatic N) is 2. The molecule has 27 heavy (non-hydrogen) atoms. The molecule has 1 amide bonds. The van der Waals surface area contributed by atoms with Crippen LogP contribution in [0.25, 0.3) is 10.9 Å². The van der Waals surface area contributed by atoms with Crippen LogP contribution < -0.4 is 10.7 Å². The second-order valence-electron chi connectivity index (χ2n) is 6.52. The largest absolute Gasteiger partial charge is 0.335 e. The van der Waals surface area contributed by atoms with E-state index in [1.165, 1.54) is 46.4 Å². The van der Waals surface area contributed by atoms with Crippen LogP contribution >= 0.6 is 11.3 Å². The number of nitriles is 1. The van der Waals surface area contributed by atoms with Crippen molar-refractivity contribution in [2.45, 2.75) is 32.2 Å². The van der Waals surface area contributed by atoms with Gasteiger partial charge in [-0.3, -0.25) is 9.59 Å². The molecular formula is C20H16FN3O2S. The number of aromatic nitrogens is 1. The highest BCUT2D eigenvalue weighted by molar-refractivity contribution is 7.16. The number of amides is 1. The lowest BCUT2D eigenvalue weighted by atomic mass is 9.96. The van der Waals surface area contributed by atoms with Crippen molar-refractivity contribution >= 4 is 33.1 Å². The van der Waals surface area contributed by atoms with Gasteiger partial charge in [0.15, 0.2) is 5.43 Å². The summed E-state index contributed by atoms with van der Waals surface area (Å²) < 4.78 is 15.7. The van der Waals surface area contributed by atoms with Gasteiger partial charge in [-0.05, 0) is 43.4 Å². The van der Waals surface area contributed by atoms with E-state index in [0.717, 1.165) is 36.1 Å². The van der Waals surface area contributed by atoms with E-state index >= 15 is 0 Å². The van der Waals surface area contributed by atoms with Crippen molar-refractivity contribution in [1.82, 2.24) is 4.57 Å². The number of hydrogen-bond donors (Lipinski definition) is 1. The summed E-state index contributed by atoms with van der Waals surface area (Å²) in [6.45, 7) is -0.148. The van der Waals surface area contributed by atoms with E-state index in [2.05, 4.69) is 11.4 Å². The Morgan fingerprint density at radius 1 is 1.30 bits per heavy atom. The van der Waals surface area contributed by atoms with Crippen molar-refractivity contribution < 1.29 is 9.18 Å². The number of fused-ring (bicyclic) bond motifs is 2. The van der Waals surface area contributed by atoms with Gasteiger partial charge >= 0.3 is 0 Å². The predicted octanol–water partition coefficient (Wildman–Crippen LogP) is 3.59. The lowest BCUT2D eigenvalue weighted by molar-refractivity contribution is -0.116. The first-order chi connectivity index (χ1) is 13.1. The molecule has 1 aliphatic carbocycles. The number of carbonyl (C=O) groups excluding carboxylic acids is 1. The molecule has 136 valence electrons. The van der Waals surface area contributed by atoms with Gasteiger partial charge in [0.25, 0.3) is 0 Å². The van der Waals surface area contributed by atoms with Gasteiger partial charge in [0.2, 0.25) is 5.91 Å². The van der Waals surface area contributed by atoms with Gasteiger partial charge in [0.1, 0.15) is 23.4 Å². The van der Waals surface area contributed by atoms with Gasteiger partial charge in [-0.1, -0.05) is 6.07 Å². The van der Waals surface area contributed by atoms with Gasteiger partial charge in [-0.15, -0.1) is 11.3 Å². The van der Waals surface area contributed by atoms with Crippen molar-refractivity contribution in [3.8, 4) is 6.07 Å². The summed E-state index contributed by atoms with van der Waals surface area (Å²) >= 11 is 1.45. The third-order valence-corrected chi connectivity index (χ3v) is 6.00. The van der Waals surface area contributed by atoms with Gasteiger partial charge in [0, 0.05) is 22.5 Å². The molecule has 3 aromatic rings. The molecule has 1 aliphatic rings. The molecule has 2 aromatic heterocycles. The second-order valence-corrected chi connectivity index (χ2v) is 7.62. The molecule has 4 rings (SSSR count). The topological polar surface area (TPSA) is 74.9 Å². The number of rotatable bonds is 3. The second kappa shape index (κ2) is 6.97. The molecule has 0 spiro atoms. The molecule has 0 saturated carbocycles. The molecule has 1 aromatic carbocycles. The molecule has 1 N–H and O–H groups in total. The number of benzene rings is 1. The van der Waals surface area contributed by atoms with Crippen LogP contribution in [0.1, 0.15) is 28.8 Å². The average Bonchev–Trinajstić information content (AvgIpc) is 3.01. The summed E-state index contributed by atoms with van der Waals surface area (Å²) in [5.74, 6) is -0.916. The molecule has 0 unspecified atom stereocenters. The van der Waals surface area contributed by atoms with E-state index in [-0.39, 0.29) is 28.8 Å². The number of hydrogen-bond acceptors (Lipinski definition) is 4. The summed E-state index contributed by atoms with van der Waals surface area (Å²) in [6, 6.07) is 7.80. The number of aryl methyl sites for hydroxylation is 1. The third-order valence-electron chi connectivity index (χ3n) is 4.80. The first kappa shape index (κ1) is 17.4. The molecule has 0 fully saturated rings. The van der Waals surface area contributed by atoms with E-state index in [4.69, 9.17) is 0 Å². The highest BCUT2D eigenvalue weighted by Gasteiger charge is 2.22. The molecule has 0 aliphatic heterocycles. The minimum Gasteiger partial charge on any atom is -0.335 e. The van der Waals surface area contributed by atoms with Gasteiger partial charge < -0.3 is 9.88 Å². The van der Waals surface area contributed by atoms with Gasteiger partial charge in [-0.25, -0.2) is 4.39 Å². The molecule has 0 radical (unpaired) electrons. The Bertz CT molecular complexity index is 1160. The zero-order valence-corrected chi connectivity index (χ0v) is 15.2.